The predicted octanol–water partition coefficient (Wildman–Crippen LogP) is 12.1. The number of nitrogens with zero attached hydrogens (tertiary/aromatic N) is 5. The fraction of sp³-hybridized carbons (Fsp3) is 0. The number of rotatable bonds is 5. The summed E-state index contributed by atoms with van der Waals surface area (Å²) in [5.74, 6) is 2.49. The van der Waals surface area contributed by atoms with Gasteiger partial charge < -0.3 is 4.42 Å². The highest BCUT2D eigenvalue weighted by molar-refractivity contribution is 7.26. The van der Waals surface area contributed by atoms with E-state index in [1.165, 1.54) is 15.5 Å². The second-order valence-electron chi connectivity index (χ2n) is 13.1. The van der Waals surface area contributed by atoms with E-state index in [9.17, 15) is 0 Å². The van der Waals surface area contributed by atoms with Gasteiger partial charge in [0.15, 0.2) is 17.2 Å². The second-order valence-corrected chi connectivity index (χ2v) is 14.1. The van der Waals surface area contributed by atoms with Crippen LogP contribution in [-0.2, 0) is 0 Å². The van der Waals surface area contributed by atoms with Crippen molar-refractivity contribution in [3.63, 3.8) is 0 Å². The molecule has 11 rings (SSSR count). The van der Waals surface area contributed by atoms with Gasteiger partial charge in [0.25, 0.3) is 0 Å². The normalized spacial score (nSPS) is 11.8. The predicted molar refractivity (Wildman–Crippen MR) is 216 cm³/mol. The van der Waals surface area contributed by atoms with Crippen molar-refractivity contribution in [2.24, 2.45) is 0 Å². The Morgan fingerprint density at radius 2 is 1.11 bits per heavy atom. The molecule has 0 saturated heterocycles. The third-order valence-corrected chi connectivity index (χ3v) is 11.2. The molecule has 4 aromatic heterocycles. The number of para-hydroxylation sites is 4. The van der Waals surface area contributed by atoms with Crippen LogP contribution in [-0.4, -0.2) is 24.5 Å². The number of hydrogen-bond acceptors (Lipinski definition) is 6. The summed E-state index contributed by atoms with van der Waals surface area (Å²) in [6, 6.07) is 56.5. The van der Waals surface area contributed by atoms with E-state index in [-0.39, 0.29) is 0 Å². The fourth-order valence-corrected chi connectivity index (χ4v) is 8.59. The van der Waals surface area contributed by atoms with Gasteiger partial charge in [-0.05, 0) is 65.7 Å². The minimum Gasteiger partial charge on any atom is -0.436 e. The minimum atomic E-state index is 0.591. The first-order valence-corrected chi connectivity index (χ1v) is 18.3. The molecule has 0 bridgehead atoms. The summed E-state index contributed by atoms with van der Waals surface area (Å²) < 4.78 is 10.5. The van der Waals surface area contributed by atoms with Crippen molar-refractivity contribution in [1.82, 2.24) is 24.5 Å². The van der Waals surface area contributed by atoms with Crippen molar-refractivity contribution < 1.29 is 4.42 Å². The average Bonchev–Trinajstić information content (AvgIpc) is 3.93. The second kappa shape index (κ2) is 11.8. The molecular weight excluding hydrogens is 671 g/mol. The van der Waals surface area contributed by atoms with Crippen molar-refractivity contribution in [2.45, 2.75) is 0 Å². The van der Waals surface area contributed by atoms with E-state index >= 15 is 0 Å². The highest BCUT2D eigenvalue weighted by Crippen LogP contribution is 2.41. The van der Waals surface area contributed by atoms with Crippen molar-refractivity contribution in [3.8, 4) is 51.3 Å². The van der Waals surface area contributed by atoms with Crippen LogP contribution in [0.25, 0.3) is 104 Å². The molecule has 53 heavy (non-hydrogen) atoms. The average molecular weight is 698 g/mol. The highest BCUT2D eigenvalue weighted by Gasteiger charge is 2.20. The van der Waals surface area contributed by atoms with Gasteiger partial charge in [0.2, 0.25) is 11.8 Å². The molecule has 4 heterocycles. The quantitative estimate of drug-likeness (QED) is 0.179. The standard InChI is InChI=1S/C46H27N5OS/c1-2-11-29(12-3-1)43-48-44(50-46(49-43)51-38-18-7-4-13-32(38)33-14-5-8-19-39(33)51)35-16-10-15-34-36-27-31(25-26-41(36)53-42(34)35)28-21-23-30(24-22-28)45-47-37-17-6-9-20-40(37)52-45/h1-27H. The van der Waals surface area contributed by atoms with E-state index in [1.54, 1.807) is 11.3 Å². The van der Waals surface area contributed by atoms with Gasteiger partial charge in [0.1, 0.15) is 5.52 Å². The molecule has 7 heteroatoms. The van der Waals surface area contributed by atoms with E-state index in [0.717, 1.165) is 65.4 Å². The van der Waals surface area contributed by atoms with Gasteiger partial charge >= 0.3 is 0 Å². The van der Waals surface area contributed by atoms with Gasteiger partial charge in [-0.2, -0.15) is 9.97 Å². The summed E-state index contributed by atoms with van der Waals surface area (Å²) >= 11 is 1.77. The van der Waals surface area contributed by atoms with Gasteiger partial charge in [0.05, 0.1) is 11.0 Å². The lowest BCUT2D eigenvalue weighted by molar-refractivity contribution is 0.620. The molecule has 0 radical (unpaired) electrons. The number of oxazole rings is 1. The number of hydrogen-bond donors (Lipinski definition) is 0. The zero-order valence-corrected chi connectivity index (χ0v) is 29.0. The molecule has 0 atom stereocenters. The van der Waals surface area contributed by atoms with Crippen LogP contribution in [0.2, 0.25) is 0 Å². The topological polar surface area (TPSA) is 69.6 Å². The third-order valence-electron chi connectivity index (χ3n) is 9.93. The molecule has 0 spiro atoms. The maximum Gasteiger partial charge on any atom is 0.238 e. The number of benzene rings is 7. The van der Waals surface area contributed by atoms with Crippen LogP contribution in [0.3, 0.4) is 0 Å². The van der Waals surface area contributed by atoms with E-state index in [1.807, 2.05) is 42.5 Å². The van der Waals surface area contributed by atoms with Gasteiger partial charge in [-0.25, -0.2) is 9.97 Å². The molecule has 6 nitrogen and oxygen atoms in total. The summed E-state index contributed by atoms with van der Waals surface area (Å²) in [5.41, 5.74) is 8.90. The molecule has 0 fully saturated rings. The van der Waals surface area contributed by atoms with Crippen LogP contribution in [0.4, 0.5) is 0 Å². The first kappa shape index (κ1) is 29.7. The Kier molecular flexibility index (Phi) is 6.62. The molecule has 0 saturated carbocycles. The Bertz CT molecular complexity index is 3090. The Morgan fingerprint density at radius 1 is 0.453 bits per heavy atom. The van der Waals surface area contributed by atoms with Crippen LogP contribution >= 0.6 is 11.3 Å². The van der Waals surface area contributed by atoms with Crippen molar-refractivity contribution >= 4 is 64.4 Å². The molecule has 11 aromatic rings. The largest absolute Gasteiger partial charge is 0.436 e. The molecular formula is C46H27N5OS. The van der Waals surface area contributed by atoms with Crippen LogP contribution < -0.4 is 0 Å². The van der Waals surface area contributed by atoms with Gasteiger partial charge in [0, 0.05) is 47.6 Å². The SMILES string of the molecule is c1ccc(-c2nc(-c3cccc4c3sc3ccc(-c5ccc(-c6nc7ccccc7o6)cc5)cc34)nc(-n3c4ccccc4c4ccccc43)n2)cc1. The summed E-state index contributed by atoms with van der Waals surface area (Å²) in [7, 11) is 0. The summed E-state index contributed by atoms with van der Waals surface area (Å²) in [6.45, 7) is 0. The lowest BCUT2D eigenvalue weighted by atomic mass is 10.0. The zero-order valence-electron chi connectivity index (χ0n) is 28.1. The fourth-order valence-electron chi connectivity index (χ4n) is 7.39. The first-order valence-electron chi connectivity index (χ1n) is 17.5. The number of aromatic nitrogens is 5. The van der Waals surface area contributed by atoms with Gasteiger partial charge in [-0.15, -0.1) is 11.3 Å². The smallest absolute Gasteiger partial charge is 0.238 e. The molecule has 0 aliphatic heterocycles. The monoisotopic (exact) mass is 697 g/mol. The molecule has 7 aromatic carbocycles. The lowest BCUT2D eigenvalue weighted by Gasteiger charge is -2.11. The molecule has 0 amide bonds. The van der Waals surface area contributed by atoms with E-state index in [0.29, 0.717) is 23.5 Å². The molecule has 0 aliphatic rings. The Morgan fingerprint density at radius 3 is 1.91 bits per heavy atom. The number of fused-ring (bicyclic) bond motifs is 7. The molecule has 248 valence electrons. The van der Waals surface area contributed by atoms with E-state index in [4.69, 9.17) is 19.4 Å². The van der Waals surface area contributed by atoms with Crippen LogP contribution in [0, 0.1) is 0 Å². The molecule has 0 N–H and O–H groups in total. The Hall–Kier alpha value is -6.96. The maximum absolute atomic E-state index is 6.02. The van der Waals surface area contributed by atoms with E-state index < -0.39 is 0 Å². The van der Waals surface area contributed by atoms with Crippen LogP contribution in [0.5, 0.6) is 0 Å². The molecule has 0 aliphatic carbocycles. The van der Waals surface area contributed by atoms with Crippen LogP contribution in [0.1, 0.15) is 0 Å². The van der Waals surface area contributed by atoms with Crippen molar-refractivity contribution in [1.29, 1.82) is 0 Å². The Balaban J connectivity index is 1.05. The van der Waals surface area contributed by atoms with Gasteiger partial charge in [-0.3, -0.25) is 4.57 Å². The Labute approximate surface area is 307 Å². The highest BCUT2D eigenvalue weighted by atomic mass is 32.1. The van der Waals surface area contributed by atoms with Crippen molar-refractivity contribution in [3.05, 3.63) is 164 Å². The number of thiophene rings is 1. The van der Waals surface area contributed by atoms with Crippen molar-refractivity contribution in [2.75, 3.05) is 0 Å². The maximum atomic E-state index is 6.02. The van der Waals surface area contributed by atoms with Gasteiger partial charge in [-0.1, -0.05) is 109 Å². The molecule has 0 unspecified atom stereocenters. The third kappa shape index (κ3) is 4.86. The van der Waals surface area contributed by atoms with Crippen LogP contribution in [0.15, 0.2) is 168 Å². The lowest BCUT2D eigenvalue weighted by Crippen LogP contribution is -2.06. The van der Waals surface area contributed by atoms with E-state index in [2.05, 4.69) is 131 Å². The summed E-state index contributed by atoms with van der Waals surface area (Å²) in [5, 5.41) is 4.70. The first-order chi connectivity index (χ1) is 26.2. The summed E-state index contributed by atoms with van der Waals surface area (Å²) in [6.07, 6.45) is 0. The minimum absolute atomic E-state index is 0.591. The zero-order chi connectivity index (χ0) is 34.9. The summed E-state index contributed by atoms with van der Waals surface area (Å²) in [4.78, 5) is 20.2.